The Hall–Kier alpha value is -4.02. The minimum Gasteiger partial charge on any atom is -0.462 e. The Morgan fingerprint density at radius 3 is 2.53 bits per heavy atom. The number of ether oxygens (including phenoxy) is 1. The number of rotatable bonds is 7. The molecule has 0 saturated carbocycles. The van der Waals surface area contributed by atoms with Crippen LogP contribution >= 0.6 is 0 Å². The minimum atomic E-state index is -4.34. The van der Waals surface area contributed by atoms with E-state index in [1.807, 2.05) is 13.8 Å². The third kappa shape index (κ3) is 5.45. The van der Waals surface area contributed by atoms with Gasteiger partial charge in [-0.05, 0) is 67.4 Å². The number of carbonyl (C=O) groups is 2. The van der Waals surface area contributed by atoms with Crippen LogP contribution in [0.3, 0.4) is 0 Å². The molecular weight excluding hydrogens is 484 g/mol. The second kappa shape index (κ2) is 9.92. The number of hydrogen-bond donors (Lipinski definition) is 1. The number of esters is 1. The number of anilines is 1. The van der Waals surface area contributed by atoms with Gasteiger partial charge in [-0.15, -0.1) is 0 Å². The van der Waals surface area contributed by atoms with Crippen LogP contribution in [0.15, 0.2) is 80.7 Å². The maximum absolute atomic E-state index is 13.0. The van der Waals surface area contributed by atoms with Crippen LogP contribution in [0.2, 0.25) is 0 Å². The molecule has 0 unspecified atom stereocenters. The van der Waals surface area contributed by atoms with Crippen molar-refractivity contribution < 1.29 is 31.7 Å². The van der Waals surface area contributed by atoms with Gasteiger partial charge >= 0.3 is 5.97 Å². The first-order chi connectivity index (χ1) is 17.0. The molecule has 1 N–H and O–H groups in total. The highest BCUT2D eigenvalue weighted by Crippen LogP contribution is 2.28. The maximum Gasteiger partial charge on any atom is 0.338 e. The van der Waals surface area contributed by atoms with Crippen molar-refractivity contribution in [2.45, 2.75) is 25.7 Å². The van der Waals surface area contributed by atoms with Crippen LogP contribution in [-0.4, -0.2) is 37.2 Å². The topological polar surface area (TPSA) is 126 Å². The van der Waals surface area contributed by atoms with Gasteiger partial charge in [0.25, 0.3) is 16.0 Å². The molecule has 4 rings (SSSR count). The average Bonchev–Trinajstić information content (AvgIpc) is 3.42. The summed E-state index contributed by atoms with van der Waals surface area (Å²) in [6, 6.07) is 15.5. The summed E-state index contributed by atoms with van der Waals surface area (Å²) in [6.45, 7) is 5.93. The van der Waals surface area contributed by atoms with E-state index in [4.69, 9.17) is 13.7 Å². The van der Waals surface area contributed by atoms with Crippen LogP contribution in [0, 0.1) is 5.92 Å². The molecule has 1 aliphatic rings. The van der Waals surface area contributed by atoms with Crippen LogP contribution < -0.4 is 5.01 Å². The molecule has 0 fully saturated rings. The van der Waals surface area contributed by atoms with Crippen LogP contribution in [0.25, 0.3) is 17.4 Å². The molecule has 10 heteroatoms. The lowest BCUT2D eigenvalue weighted by atomic mass is 10.1. The van der Waals surface area contributed by atoms with Gasteiger partial charge in [0.1, 0.15) is 11.5 Å². The maximum atomic E-state index is 13.0. The van der Waals surface area contributed by atoms with Crippen molar-refractivity contribution in [1.82, 2.24) is 0 Å². The Kier molecular flexibility index (Phi) is 6.91. The summed E-state index contributed by atoms with van der Waals surface area (Å²) in [7, 11) is -4.34. The van der Waals surface area contributed by atoms with Crippen LogP contribution in [-0.2, 0) is 19.6 Å². The quantitative estimate of drug-likeness (QED) is 0.276. The molecule has 36 heavy (non-hydrogen) atoms. The number of amides is 1. The van der Waals surface area contributed by atoms with E-state index in [1.54, 1.807) is 49.4 Å². The average molecular weight is 509 g/mol. The molecule has 0 atom stereocenters. The van der Waals surface area contributed by atoms with Crippen molar-refractivity contribution in [3.63, 3.8) is 0 Å². The van der Waals surface area contributed by atoms with E-state index in [2.05, 4.69) is 5.10 Å². The zero-order valence-electron chi connectivity index (χ0n) is 19.8. The summed E-state index contributed by atoms with van der Waals surface area (Å²) in [5.41, 5.74) is 2.19. The van der Waals surface area contributed by atoms with E-state index < -0.39 is 22.0 Å². The normalized spacial score (nSPS) is 15.0. The van der Waals surface area contributed by atoms with Crippen molar-refractivity contribution in [2.24, 2.45) is 11.0 Å². The first-order valence-corrected chi connectivity index (χ1v) is 12.5. The van der Waals surface area contributed by atoms with Crippen molar-refractivity contribution in [3.8, 4) is 11.3 Å². The SMILES string of the molecule is CC1=NN(c2ccc(S(=O)(=O)O)cc2)C(=O)/C1=C\c1ccc(-c2cccc(C(=O)OCC(C)C)c2)o1. The minimum absolute atomic E-state index is 0.232. The van der Waals surface area contributed by atoms with Crippen molar-refractivity contribution >= 4 is 39.5 Å². The van der Waals surface area contributed by atoms with Gasteiger partial charge in [0.2, 0.25) is 0 Å². The molecule has 2 aromatic carbocycles. The molecule has 0 aliphatic carbocycles. The monoisotopic (exact) mass is 508 g/mol. The highest BCUT2D eigenvalue weighted by atomic mass is 32.2. The fourth-order valence-electron chi connectivity index (χ4n) is 3.47. The summed E-state index contributed by atoms with van der Waals surface area (Å²) in [4.78, 5) is 25.0. The van der Waals surface area contributed by atoms with E-state index in [0.29, 0.717) is 46.2 Å². The second-order valence-corrected chi connectivity index (χ2v) is 10.0. The van der Waals surface area contributed by atoms with E-state index in [9.17, 15) is 18.0 Å². The Balaban J connectivity index is 1.53. The van der Waals surface area contributed by atoms with Crippen molar-refractivity contribution in [2.75, 3.05) is 11.6 Å². The second-order valence-electron chi connectivity index (χ2n) is 8.60. The zero-order valence-corrected chi connectivity index (χ0v) is 20.7. The first-order valence-electron chi connectivity index (χ1n) is 11.1. The van der Waals surface area contributed by atoms with Crippen LogP contribution in [0.4, 0.5) is 5.69 Å². The van der Waals surface area contributed by atoms with E-state index in [0.717, 1.165) is 5.01 Å². The smallest absolute Gasteiger partial charge is 0.338 e. The molecule has 1 aliphatic heterocycles. The summed E-state index contributed by atoms with van der Waals surface area (Å²) >= 11 is 0. The number of carbonyl (C=O) groups excluding carboxylic acids is 2. The van der Waals surface area contributed by atoms with Crippen molar-refractivity contribution in [3.05, 3.63) is 77.6 Å². The predicted molar refractivity (Wildman–Crippen MR) is 134 cm³/mol. The molecule has 2 heterocycles. The summed E-state index contributed by atoms with van der Waals surface area (Å²) in [6.07, 6.45) is 1.57. The van der Waals surface area contributed by atoms with Gasteiger partial charge in [-0.1, -0.05) is 26.0 Å². The number of hydrogen-bond acceptors (Lipinski definition) is 7. The molecule has 0 spiro atoms. The van der Waals surface area contributed by atoms with Gasteiger partial charge in [-0.2, -0.15) is 18.5 Å². The number of benzene rings is 2. The molecule has 1 aromatic heterocycles. The van der Waals surface area contributed by atoms with E-state index in [-0.39, 0.29) is 10.8 Å². The lowest BCUT2D eigenvalue weighted by Crippen LogP contribution is -2.21. The standard InChI is InChI=1S/C26H24N2O7S/c1-16(2)15-34-26(30)19-6-4-5-18(13-19)24-12-9-21(35-24)14-23-17(3)27-28(25(23)29)20-7-10-22(11-8-20)36(31,32)33/h4-14,16H,15H2,1-3H3,(H,31,32,33)/b23-14-. The largest absolute Gasteiger partial charge is 0.462 e. The summed E-state index contributed by atoms with van der Waals surface area (Å²) in [5, 5.41) is 5.41. The lowest BCUT2D eigenvalue weighted by Gasteiger charge is -2.11. The third-order valence-electron chi connectivity index (χ3n) is 5.29. The highest BCUT2D eigenvalue weighted by molar-refractivity contribution is 7.85. The Morgan fingerprint density at radius 2 is 1.86 bits per heavy atom. The Bertz CT molecular complexity index is 1480. The molecule has 0 radical (unpaired) electrons. The van der Waals surface area contributed by atoms with Gasteiger partial charge in [-0.25, -0.2) is 4.79 Å². The van der Waals surface area contributed by atoms with E-state index >= 15 is 0 Å². The molecule has 0 saturated heterocycles. The molecule has 186 valence electrons. The van der Waals surface area contributed by atoms with Gasteiger partial charge in [0.05, 0.1) is 34.0 Å². The van der Waals surface area contributed by atoms with E-state index in [1.165, 1.54) is 24.3 Å². The Labute approximate surface area is 208 Å². The van der Waals surface area contributed by atoms with Gasteiger partial charge in [-0.3, -0.25) is 9.35 Å². The third-order valence-corrected chi connectivity index (χ3v) is 6.15. The number of hydrazone groups is 1. The molecular formula is C26H24N2O7S. The van der Waals surface area contributed by atoms with Gasteiger partial charge < -0.3 is 9.15 Å². The van der Waals surface area contributed by atoms with Gasteiger partial charge in [0.15, 0.2) is 0 Å². The number of nitrogens with zero attached hydrogens (tertiary/aromatic N) is 2. The first kappa shape index (κ1) is 25.1. The molecule has 1 amide bonds. The molecule has 3 aromatic rings. The fraction of sp³-hybridized carbons (Fsp3) is 0.192. The molecule has 9 nitrogen and oxygen atoms in total. The summed E-state index contributed by atoms with van der Waals surface area (Å²) in [5.74, 6) is 0.333. The lowest BCUT2D eigenvalue weighted by molar-refractivity contribution is -0.114. The fourth-order valence-corrected chi connectivity index (χ4v) is 3.95. The number of furan rings is 1. The highest BCUT2D eigenvalue weighted by Gasteiger charge is 2.29. The molecule has 0 bridgehead atoms. The summed E-state index contributed by atoms with van der Waals surface area (Å²) < 4.78 is 42.8. The predicted octanol–water partition coefficient (Wildman–Crippen LogP) is 4.81. The van der Waals surface area contributed by atoms with Crippen molar-refractivity contribution in [1.29, 1.82) is 0 Å². The zero-order chi connectivity index (χ0) is 26.0. The Morgan fingerprint density at radius 1 is 1.14 bits per heavy atom. The van der Waals surface area contributed by atoms with Crippen LogP contribution in [0.5, 0.6) is 0 Å². The van der Waals surface area contributed by atoms with Crippen LogP contribution in [0.1, 0.15) is 36.9 Å². The van der Waals surface area contributed by atoms with Gasteiger partial charge in [0, 0.05) is 5.56 Å².